The summed E-state index contributed by atoms with van der Waals surface area (Å²) in [5.41, 5.74) is 4.20. The maximum Gasteiger partial charge on any atom is 0.317 e. The molecule has 1 saturated heterocycles. The Balaban J connectivity index is 1.23. The number of aryl methyl sites for hydroxylation is 1. The summed E-state index contributed by atoms with van der Waals surface area (Å²) in [6.07, 6.45) is 2.83. The molecule has 1 aliphatic heterocycles. The Bertz CT molecular complexity index is 960. The van der Waals surface area contributed by atoms with Gasteiger partial charge < -0.3 is 15.0 Å². The molecule has 2 aromatic carbocycles. The van der Waals surface area contributed by atoms with Gasteiger partial charge in [0.25, 0.3) is 0 Å². The molecule has 7 heteroatoms. The average Bonchev–Trinajstić information content (AvgIpc) is 3.19. The summed E-state index contributed by atoms with van der Waals surface area (Å²) < 4.78 is 6.84. The van der Waals surface area contributed by atoms with Gasteiger partial charge in [0.15, 0.2) is 0 Å². The van der Waals surface area contributed by atoms with E-state index in [-0.39, 0.29) is 6.03 Å². The number of carbonyl (C=O) groups is 1. The van der Waals surface area contributed by atoms with Gasteiger partial charge in [-0.05, 0) is 49.1 Å². The van der Waals surface area contributed by atoms with Crippen molar-refractivity contribution in [1.29, 1.82) is 0 Å². The summed E-state index contributed by atoms with van der Waals surface area (Å²) in [6, 6.07) is 16.1. The molecule has 2 heterocycles. The molecule has 2 amide bonds. The summed E-state index contributed by atoms with van der Waals surface area (Å²) in [7, 11) is 1.63. The van der Waals surface area contributed by atoms with Crippen molar-refractivity contribution < 1.29 is 9.53 Å². The topological polar surface area (TPSA) is 72.3 Å². The number of nitrogens with one attached hydrogen (secondary N) is 1. The van der Waals surface area contributed by atoms with Gasteiger partial charge in [0.05, 0.1) is 25.5 Å². The monoisotopic (exact) mass is 391 g/mol. The van der Waals surface area contributed by atoms with Crippen molar-refractivity contribution in [2.75, 3.05) is 20.2 Å². The van der Waals surface area contributed by atoms with Crippen molar-refractivity contribution in [2.24, 2.45) is 5.92 Å². The number of carbonyl (C=O) groups excluding carboxylic acids is 1. The first kappa shape index (κ1) is 19.0. The molecule has 0 atom stereocenters. The summed E-state index contributed by atoms with van der Waals surface area (Å²) in [6.45, 7) is 4.03. The molecular formula is C22H25N5O2. The number of benzene rings is 2. The lowest BCUT2D eigenvalue weighted by Gasteiger charge is -2.39. The molecule has 0 bridgehead atoms. The molecule has 3 aromatic rings. The first-order valence-corrected chi connectivity index (χ1v) is 9.74. The van der Waals surface area contributed by atoms with E-state index in [9.17, 15) is 4.79 Å². The number of hydrogen-bond donors (Lipinski definition) is 1. The fraction of sp³-hybridized carbons (Fsp3) is 0.318. The van der Waals surface area contributed by atoms with E-state index in [1.807, 2.05) is 35.4 Å². The van der Waals surface area contributed by atoms with E-state index in [1.54, 1.807) is 11.8 Å². The van der Waals surface area contributed by atoms with Gasteiger partial charge in [0.1, 0.15) is 11.4 Å². The quantitative estimate of drug-likeness (QED) is 0.701. The third-order valence-corrected chi connectivity index (χ3v) is 5.19. The highest BCUT2D eigenvalue weighted by atomic mass is 16.5. The van der Waals surface area contributed by atoms with Crippen LogP contribution in [0.5, 0.6) is 5.75 Å². The molecule has 0 saturated carbocycles. The molecule has 4 rings (SSSR count). The third kappa shape index (κ3) is 4.56. The Morgan fingerprint density at radius 1 is 1.14 bits per heavy atom. The van der Waals surface area contributed by atoms with Crippen LogP contribution in [0.4, 0.5) is 4.79 Å². The molecule has 29 heavy (non-hydrogen) atoms. The van der Waals surface area contributed by atoms with Crippen molar-refractivity contribution in [3.8, 4) is 11.4 Å². The molecule has 0 radical (unpaired) electrons. The summed E-state index contributed by atoms with van der Waals surface area (Å²) in [4.78, 5) is 14.2. The number of aromatic nitrogens is 3. The van der Waals surface area contributed by atoms with Gasteiger partial charge in [-0.2, -0.15) is 0 Å². The second-order valence-electron chi connectivity index (χ2n) is 7.47. The van der Waals surface area contributed by atoms with E-state index < -0.39 is 0 Å². The molecule has 1 aliphatic rings. The van der Waals surface area contributed by atoms with Crippen LogP contribution in [0, 0.1) is 12.8 Å². The highest BCUT2D eigenvalue weighted by Gasteiger charge is 2.30. The van der Waals surface area contributed by atoms with Crippen molar-refractivity contribution in [1.82, 2.24) is 25.2 Å². The van der Waals surface area contributed by atoms with E-state index in [4.69, 9.17) is 4.74 Å². The number of ether oxygens (including phenoxy) is 1. The zero-order valence-electron chi connectivity index (χ0n) is 16.7. The predicted octanol–water partition coefficient (Wildman–Crippen LogP) is 2.97. The fourth-order valence-electron chi connectivity index (χ4n) is 3.44. The summed E-state index contributed by atoms with van der Waals surface area (Å²) in [5, 5.41) is 11.2. The number of urea groups is 1. The zero-order valence-corrected chi connectivity index (χ0v) is 16.7. The Morgan fingerprint density at radius 2 is 1.86 bits per heavy atom. The van der Waals surface area contributed by atoms with Crippen LogP contribution in [-0.4, -0.2) is 46.1 Å². The Labute approximate surface area is 170 Å². The van der Waals surface area contributed by atoms with Gasteiger partial charge in [0, 0.05) is 13.1 Å². The van der Waals surface area contributed by atoms with Crippen LogP contribution in [0.1, 0.15) is 16.8 Å². The van der Waals surface area contributed by atoms with E-state index in [0.29, 0.717) is 18.2 Å². The molecule has 1 N–H and O–H groups in total. The van der Waals surface area contributed by atoms with Gasteiger partial charge >= 0.3 is 6.03 Å². The van der Waals surface area contributed by atoms with Crippen molar-refractivity contribution in [3.05, 3.63) is 71.5 Å². The van der Waals surface area contributed by atoms with E-state index >= 15 is 0 Å². The Morgan fingerprint density at radius 3 is 2.55 bits per heavy atom. The highest BCUT2D eigenvalue weighted by molar-refractivity contribution is 5.75. The maximum atomic E-state index is 12.3. The molecule has 0 unspecified atom stereocenters. The van der Waals surface area contributed by atoms with E-state index in [0.717, 1.165) is 30.9 Å². The molecule has 7 nitrogen and oxygen atoms in total. The second-order valence-corrected chi connectivity index (χ2v) is 7.47. The number of amides is 2. The van der Waals surface area contributed by atoms with Crippen LogP contribution in [0.2, 0.25) is 0 Å². The number of methoxy groups -OCH3 is 1. The Kier molecular flexibility index (Phi) is 5.46. The van der Waals surface area contributed by atoms with Crippen LogP contribution in [0.25, 0.3) is 5.69 Å². The minimum absolute atomic E-state index is 0.0517. The minimum atomic E-state index is -0.0517. The Hall–Kier alpha value is -3.35. The SMILES string of the molecule is COc1ccc(-n2cc(CNC(=O)N3CC(Cc4ccc(C)cc4)C3)nn2)cc1. The maximum absolute atomic E-state index is 12.3. The van der Waals surface area contributed by atoms with Crippen LogP contribution >= 0.6 is 0 Å². The first-order chi connectivity index (χ1) is 14.1. The van der Waals surface area contributed by atoms with Gasteiger partial charge in [-0.3, -0.25) is 0 Å². The normalized spacial score (nSPS) is 13.8. The lowest BCUT2D eigenvalue weighted by molar-refractivity contribution is 0.120. The third-order valence-electron chi connectivity index (χ3n) is 5.19. The van der Waals surface area contributed by atoms with Gasteiger partial charge in [-0.15, -0.1) is 5.10 Å². The molecule has 0 aliphatic carbocycles. The molecule has 1 fully saturated rings. The minimum Gasteiger partial charge on any atom is -0.497 e. The smallest absolute Gasteiger partial charge is 0.317 e. The molecule has 150 valence electrons. The second kappa shape index (κ2) is 8.34. The number of nitrogens with zero attached hydrogens (tertiary/aromatic N) is 4. The van der Waals surface area contributed by atoms with Crippen molar-refractivity contribution in [3.63, 3.8) is 0 Å². The lowest BCUT2D eigenvalue weighted by Crippen LogP contribution is -2.54. The van der Waals surface area contributed by atoms with Crippen molar-refractivity contribution in [2.45, 2.75) is 19.9 Å². The number of rotatable bonds is 6. The number of likely N-dealkylation sites (tertiary alicyclic amines) is 1. The van der Waals surface area contributed by atoms with Crippen LogP contribution < -0.4 is 10.1 Å². The van der Waals surface area contributed by atoms with Crippen LogP contribution in [0.3, 0.4) is 0 Å². The standard InChI is InChI=1S/C22H25N5O2/c1-16-3-5-17(6-4-16)11-18-13-26(14-18)22(28)23-12-19-15-27(25-24-19)20-7-9-21(29-2)10-8-20/h3-10,15,18H,11-14H2,1-2H3,(H,23,28). The van der Waals surface area contributed by atoms with E-state index in [2.05, 4.69) is 46.8 Å². The predicted molar refractivity (Wildman–Crippen MR) is 110 cm³/mol. The fourth-order valence-corrected chi connectivity index (χ4v) is 3.44. The first-order valence-electron chi connectivity index (χ1n) is 9.74. The van der Waals surface area contributed by atoms with Gasteiger partial charge in [0.2, 0.25) is 0 Å². The summed E-state index contributed by atoms with van der Waals surface area (Å²) >= 11 is 0. The van der Waals surface area contributed by atoms with Gasteiger partial charge in [-0.25, -0.2) is 9.48 Å². The lowest BCUT2D eigenvalue weighted by atomic mass is 9.92. The summed E-state index contributed by atoms with van der Waals surface area (Å²) in [5.74, 6) is 1.32. The largest absolute Gasteiger partial charge is 0.497 e. The highest BCUT2D eigenvalue weighted by Crippen LogP contribution is 2.21. The number of hydrogen-bond acceptors (Lipinski definition) is 4. The van der Waals surface area contributed by atoms with Crippen molar-refractivity contribution >= 4 is 6.03 Å². The molecule has 0 spiro atoms. The van der Waals surface area contributed by atoms with E-state index in [1.165, 1.54) is 11.1 Å². The average molecular weight is 391 g/mol. The molecule has 1 aromatic heterocycles. The van der Waals surface area contributed by atoms with Gasteiger partial charge in [-0.1, -0.05) is 35.0 Å². The van der Waals surface area contributed by atoms with Crippen LogP contribution in [-0.2, 0) is 13.0 Å². The molecular weight excluding hydrogens is 366 g/mol. The zero-order chi connectivity index (χ0) is 20.2. The van der Waals surface area contributed by atoms with Crippen LogP contribution in [0.15, 0.2) is 54.7 Å².